The normalized spacial score (nSPS) is 17.2. The molecule has 1 saturated carbocycles. The standard InChI is InChI=1S/C13H20N4O2S/c1-8(2)10-16-17-12(20-10)14-11(19)13(15-9(3)18)6-4-5-7-13/h8H,4-7H2,1-3H3,(H,15,18)(H,14,17,19). The molecular weight excluding hydrogens is 276 g/mol. The van der Waals surface area contributed by atoms with Crippen LogP contribution in [0.4, 0.5) is 5.13 Å². The van der Waals surface area contributed by atoms with Crippen molar-refractivity contribution in [3.8, 4) is 0 Å². The summed E-state index contributed by atoms with van der Waals surface area (Å²) in [5.74, 6) is -0.0761. The molecule has 1 aromatic rings. The highest BCUT2D eigenvalue weighted by Crippen LogP contribution is 2.31. The first kappa shape index (κ1) is 14.9. The van der Waals surface area contributed by atoms with Gasteiger partial charge in [0.25, 0.3) is 5.91 Å². The van der Waals surface area contributed by atoms with Crippen LogP contribution >= 0.6 is 11.3 Å². The van der Waals surface area contributed by atoms with Crippen molar-refractivity contribution >= 4 is 28.3 Å². The Kier molecular flexibility index (Phi) is 4.37. The lowest BCUT2D eigenvalue weighted by molar-refractivity contribution is -0.129. The fourth-order valence-corrected chi connectivity index (χ4v) is 3.20. The van der Waals surface area contributed by atoms with E-state index in [1.54, 1.807) is 0 Å². The third kappa shape index (κ3) is 3.15. The van der Waals surface area contributed by atoms with Crippen molar-refractivity contribution in [2.75, 3.05) is 5.32 Å². The van der Waals surface area contributed by atoms with E-state index in [0.717, 1.165) is 17.8 Å². The van der Waals surface area contributed by atoms with E-state index in [0.29, 0.717) is 18.0 Å². The van der Waals surface area contributed by atoms with Crippen molar-refractivity contribution in [1.29, 1.82) is 0 Å². The number of carbonyl (C=O) groups is 2. The second-order valence-electron chi connectivity index (χ2n) is 5.52. The summed E-state index contributed by atoms with van der Waals surface area (Å²) in [5.41, 5.74) is -0.782. The molecule has 2 amide bonds. The molecule has 0 bridgehead atoms. The lowest BCUT2D eigenvalue weighted by atomic mass is 9.96. The Hall–Kier alpha value is -1.50. The van der Waals surface area contributed by atoms with Crippen molar-refractivity contribution in [3.05, 3.63) is 5.01 Å². The van der Waals surface area contributed by atoms with E-state index in [2.05, 4.69) is 20.8 Å². The van der Waals surface area contributed by atoms with E-state index >= 15 is 0 Å². The fourth-order valence-electron chi connectivity index (χ4n) is 2.46. The summed E-state index contributed by atoms with van der Waals surface area (Å²) in [6, 6.07) is 0. The van der Waals surface area contributed by atoms with Gasteiger partial charge < -0.3 is 5.32 Å². The smallest absolute Gasteiger partial charge is 0.251 e. The number of hydrogen-bond acceptors (Lipinski definition) is 5. The van der Waals surface area contributed by atoms with Crippen LogP contribution in [-0.2, 0) is 9.59 Å². The van der Waals surface area contributed by atoms with E-state index in [4.69, 9.17) is 0 Å². The van der Waals surface area contributed by atoms with Crippen LogP contribution in [0.15, 0.2) is 0 Å². The number of anilines is 1. The van der Waals surface area contributed by atoms with Gasteiger partial charge in [-0.15, -0.1) is 10.2 Å². The first-order valence-corrected chi connectivity index (χ1v) is 7.68. The topological polar surface area (TPSA) is 84.0 Å². The largest absolute Gasteiger partial charge is 0.342 e. The predicted octanol–water partition coefficient (Wildman–Crippen LogP) is 2.05. The van der Waals surface area contributed by atoms with Crippen molar-refractivity contribution in [2.24, 2.45) is 0 Å². The van der Waals surface area contributed by atoms with Gasteiger partial charge in [-0.3, -0.25) is 14.9 Å². The zero-order chi connectivity index (χ0) is 14.8. The maximum absolute atomic E-state index is 12.5. The molecule has 2 N–H and O–H groups in total. The maximum Gasteiger partial charge on any atom is 0.251 e. The SMILES string of the molecule is CC(=O)NC1(C(=O)Nc2nnc(C(C)C)s2)CCCC1. The molecule has 0 aromatic carbocycles. The Bertz CT molecular complexity index is 506. The number of rotatable bonds is 4. The molecule has 0 unspecified atom stereocenters. The number of hydrogen-bond donors (Lipinski definition) is 2. The van der Waals surface area contributed by atoms with Crippen molar-refractivity contribution < 1.29 is 9.59 Å². The first-order valence-electron chi connectivity index (χ1n) is 6.86. The lowest BCUT2D eigenvalue weighted by Crippen LogP contribution is -2.54. The quantitative estimate of drug-likeness (QED) is 0.890. The molecular formula is C13H20N4O2S. The molecule has 7 heteroatoms. The molecule has 0 saturated heterocycles. The predicted molar refractivity (Wildman–Crippen MR) is 77.6 cm³/mol. The first-order chi connectivity index (χ1) is 9.43. The Labute approximate surface area is 122 Å². The molecule has 1 aromatic heterocycles. The Morgan fingerprint density at radius 1 is 1.25 bits per heavy atom. The van der Waals surface area contributed by atoms with Crippen LogP contribution in [0.2, 0.25) is 0 Å². The molecule has 1 heterocycles. The van der Waals surface area contributed by atoms with Crippen LogP contribution in [0.5, 0.6) is 0 Å². The van der Waals surface area contributed by atoms with E-state index in [9.17, 15) is 9.59 Å². The minimum atomic E-state index is -0.782. The van der Waals surface area contributed by atoms with Gasteiger partial charge in [-0.1, -0.05) is 38.0 Å². The number of nitrogens with one attached hydrogen (secondary N) is 2. The summed E-state index contributed by atoms with van der Waals surface area (Å²) in [5, 5.41) is 15.0. The van der Waals surface area contributed by atoms with Gasteiger partial charge in [0.05, 0.1) is 0 Å². The summed E-state index contributed by atoms with van der Waals surface area (Å²) in [6.07, 6.45) is 3.24. The monoisotopic (exact) mass is 296 g/mol. The van der Waals surface area contributed by atoms with Crippen LogP contribution in [-0.4, -0.2) is 27.6 Å². The summed E-state index contributed by atoms with van der Waals surface area (Å²) >= 11 is 1.38. The number of carbonyl (C=O) groups excluding carboxylic acids is 2. The highest BCUT2D eigenvalue weighted by molar-refractivity contribution is 7.15. The second kappa shape index (κ2) is 5.87. The zero-order valence-corrected chi connectivity index (χ0v) is 12.8. The Morgan fingerprint density at radius 2 is 1.90 bits per heavy atom. The van der Waals surface area contributed by atoms with Crippen LogP contribution in [0.25, 0.3) is 0 Å². The molecule has 0 atom stereocenters. The number of nitrogens with zero attached hydrogens (tertiary/aromatic N) is 2. The zero-order valence-electron chi connectivity index (χ0n) is 12.0. The Morgan fingerprint density at radius 3 is 2.40 bits per heavy atom. The Balaban J connectivity index is 2.10. The van der Waals surface area contributed by atoms with Crippen molar-refractivity contribution in [3.63, 3.8) is 0 Å². The van der Waals surface area contributed by atoms with Gasteiger partial charge in [-0.05, 0) is 12.8 Å². The van der Waals surface area contributed by atoms with E-state index in [1.807, 2.05) is 13.8 Å². The summed E-state index contributed by atoms with van der Waals surface area (Å²) in [4.78, 5) is 23.8. The third-order valence-corrected chi connectivity index (χ3v) is 4.60. The minimum Gasteiger partial charge on any atom is -0.342 e. The van der Waals surface area contributed by atoms with Gasteiger partial charge in [0.2, 0.25) is 11.0 Å². The van der Waals surface area contributed by atoms with E-state index in [1.165, 1.54) is 18.3 Å². The van der Waals surface area contributed by atoms with Gasteiger partial charge in [0.15, 0.2) is 0 Å². The van der Waals surface area contributed by atoms with E-state index < -0.39 is 5.54 Å². The van der Waals surface area contributed by atoms with Gasteiger partial charge in [-0.25, -0.2) is 0 Å². The molecule has 110 valence electrons. The fraction of sp³-hybridized carbons (Fsp3) is 0.692. The second-order valence-corrected chi connectivity index (χ2v) is 6.53. The summed E-state index contributed by atoms with van der Waals surface area (Å²) in [7, 11) is 0. The van der Waals surface area contributed by atoms with Crippen molar-refractivity contribution in [1.82, 2.24) is 15.5 Å². The average molecular weight is 296 g/mol. The number of amides is 2. The van der Waals surface area contributed by atoms with Crippen LogP contribution in [0.1, 0.15) is 57.4 Å². The maximum atomic E-state index is 12.5. The van der Waals surface area contributed by atoms with Gasteiger partial charge in [0.1, 0.15) is 10.5 Å². The third-order valence-electron chi connectivity index (χ3n) is 3.46. The molecule has 0 aliphatic heterocycles. The summed E-state index contributed by atoms with van der Waals surface area (Å²) in [6.45, 7) is 5.50. The van der Waals surface area contributed by atoms with Crippen LogP contribution in [0, 0.1) is 0 Å². The van der Waals surface area contributed by atoms with Crippen molar-refractivity contribution in [2.45, 2.75) is 57.9 Å². The molecule has 6 nitrogen and oxygen atoms in total. The molecule has 1 aliphatic rings. The van der Waals surface area contributed by atoms with Crippen LogP contribution in [0.3, 0.4) is 0 Å². The molecule has 2 rings (SSSR count). The molecule has 1 aliphatic carbocycles. The van der Waals surface area contributed by atoms with Gasteiger partial charge >= 0.3 is 0 Å². The molecule has 0 spiro atoms. The minimum absolute atomic E-state index is 0.179. The highest BCUT2D eigenvalue weighted by atomic mass is 32.1. The summed E-state index contributed by atoms with van der Waals surface area (Å²) < 4.78 is 0. The van der Waals surface area contributed by atoms with Crippen LogP contribution < -0.4 is 10.6 Å². The van der Waals surface area contributed by atoms with Gasteiger partial charge in [0, 0.05) is 12.8 Å². The average Bonchev–Trinajstić information content (AvgIpc) is 2.98. The highest BCUT2D eigenvalue weighted by Gasteiger charge is 2.42. The van der Waals surface area contributed by atoms with Gasteiger partial charge in [-0.2, -0.15) is 0 Å². The molecule has 1 fully saturated rings. The van der Waals surface area contributed by atoms with E-state index in [-0.39, 0.29) is 17.7 Å². The molecule has 20 heavy (non-hydrogen) atoms. The lowest BCUT2D eigenvalue weighted by Gasteiger charge is -2.27. The number of aromatic nitrogens is 2. The molecule has 0 radical (unpaired) electrons.